The van der Waals surface area contributed by atoms with E-state index < -0.39 is 0 Å². The van der Waals surface area contributed by atoms with Crippen LogP contribution >= 0.6 is 0 Å². The molecule has 1 aromatic heterocycles. The summed E-state index contributed by atoms with van der Waals surface area (Å²) in [6.07, 6.45) is 0.132. The van der Waals surface area contributed by atoms with Gasteiger partial charge >= 0.3 is 5.97 Å². The Kier molecular flexibility index (Phi) is 3.00. The summed E-state index contributed by atoms with van der Waals surface area (Å²) in [6.45, 7) is 0. The first-order chi connectivity index (χ1) is 7.79. The van der Waals surface area contributed by atoms with Crippen LogP contribution in [-0.4, -0.2) is 18.2 Å². The Bertz CT molecular complexity index is 476. The molecule has 0 bridgehead atoms. The summed E-state index contributed by atoms with van der Waals surface area (Å²) < 4.78 is 9.69. The Labute approximate surface area is 92.8 Å². The molecule has 0 amide bonds. The Hall–Kier alpha value is -2.10. The van der Waals surface area contributed by atoms with E-state index in [1.165, 1.54) is 7.11 Å². The average Bonchev–Trinajstić information content (AvgIpc) is 2.78. The van der Waals surface area contributed by atoms with E-state index in [2.05, 4.69) is 9.89 Å². The van der Waals surface area contributed by atoms with Crippen LogP contribution in [0.1, 0.15) is 5.69 Å². The van der Waals surface area contributed by atoms with E-state index in [0.717, 1.165) is 5.56 Å². The minimum atomic E-state index is -0.326. The van der Waals surface area contributed by atoms with E-state index in [1.54, 1.807) is 6.07 Å². The van der Waals surface area contributed by atoms with Crippen molar-refractivity contribution in [1.82, 2.24) is 5.16 Å². The SMILES string of the molecule is COC(=O)Cc1cc(-c2ccccc2)on1. The van der Waals surface area contributed by atoms with E-state index in [0.29, 0.717) is 11.5 Å². The second-order valence-electron chi connectivity index (χ2n) is 3.30. The maximum atomic E-state index is 11.0. The highest BCUT2D eigenvalue weighted by Crippen LogP contribution is 2.19. The number of methoxy groups -OCH3 is 1. The fraction of sp³-hybridized carbons (Fsp3) is 0.167. The third-order valence-electron chi connectivity index (χ3n) is 2.17. The van der Waals surface area contributed by atoms with Crippen molar-refractivity contribution in [2.24, 2.45) is 0 Å². The van der Waals surface area contributed by atoms with Crippen LogP contribution in [0.5, 0.6) is 0 Å². The van der Waals surface area contributed by atoms with E-state index in [4.69, 9.17) is 4.52 Å². The normalized spacial score (nSPS) is 10.1. The molecule has 2 aromatic rings. The number of hydrogen-bond donors (Lipinski definition) is 0. The quantitative estimate of drug-likeness (QED) is 0.738. The van der Waals surface area contributed by atoms with Crippen LogP contribution in [-0.2, 0) is 16.0 Å². The molecule has 0 spiro atoms. The van der Waals surface area contributed by atoms with Gasteiger partial charge in [0, 0.05) is 11.6 Å². The summed E-state index contributed by atoms with van der Waals surface area (Å²) in [7, 11) is 1.35. The molecule has 0 aliphatic heterocycles. The molecule has 4 nitrogen and oxygen atoms in total. The van der Waals surface area contributed by atoms with Crippen molar-refractivity contribution >= 4 is 5.97 Å². The number of ether oxygens (including phenoxy) is 1. The number of benzene rings is 1. The maximum Gasteiger partial charge on any atom is 0.311 e. The van der Waals surface area contributed by atoms with E-state index >= 15 is 0 Å². The van der Waals surface area contributed by atoms with Crippen molar-refractivity contribution in [3.63, 3.8) is 0 Å². The third kappa shape index (κ3) is 2.28. The lowest BCUT2D eigenvalue weighted by Gasteiger charge is -1.92. The molecule has 0 unspecified atom stereocenters. The number of esters is 1. The topological polar surface area (TPSA) is 52.3 Å². The van der Waals surface area contributed by atoms with Crippen molar-refractivity contribution in [3.05, 3.63) is 42.1 Å². The van der Waals surface area contributed by atoms with Crippen molar-refractivity contribution in [3.8, 4) is 11.3 Å². The van der Waals surface area contributed by atoms with Gasteiger partial charge in [-0.3, -0.25) is 4.79 Å². The minimum absolute atomic E-state index is 0.132. The van der Waals surface area contributed by atoms with Crippen molar-refractivity contribution in [1.29, 1.82) is 0 Å². The molecule has 0 aliphatic rings. The lowest BCUT2D eigenvalue weighted by molar-refractivity contribution is -0.139. The van der Waals surface area contributed by atoms with Gasteiger partial charge < -0.3 is 9.26 Å². The molecular weight excluding hydrogens is 206 g/mol. The Morgan fingerprint density at radius 3 is 2.81 bits per heavy atom. The maximum absolute atomic E-state index is 11.0. The van der Waals surface area contributed by atoms with Gasteiger partial charge in [0.25, 0.3) is 0 Å². The zero-order chi connectivity index (χ0) is 11.4. The molecule has 0 N–H and O–H groups in total. The van der Waals surface area contributed by atoms with Gasteiger partial charge in [-0.2, -0.15) is 0 Å². The van der Waals surface area contributed by atoms with E-state index in [-0.39, 0.29) is 12.4 Å². The summed E-state index contributed by atoms with van der Waals surface area (Å²) in [5.41, 5.74) is 1.51. The van der Waals surface area contributed by atoms with Gasteiger partial charge in [-0.25, -0.2) is 0 Å². The lowest BCUT2D eigenvalue weighted by Crippen LogP contribution is -2.04. The van der Waals surface area contributed by atoms with Gasteiger partial charge in [-0.1, -0.05) is 35.5 Å². The molecule has 0 fully saturated rings. The molecule has 0 atom stereocenters. The fourth-order valence-corrected chi connectivity index (χ4v) is 1.35. The number of aromatic nitrogens is 1. The predicted octanol–water partition coefficient (Wildman–Crippen LogP) is 2.06. The van der Waals surface area contributed by atoms with Gasteiger partial charge in [0.1, 0.15) is 0 Å². The summed E-state index contributed by atoms with van der Waals surface area (Å²) >= 11 is 0. The van der Waals surface area contributed by atoms with Crippen molar-refractivity contribution < 1.29 is 14.1 Å². The van der Waals surface area contributed by atoms with E-state index in [1.807, 2.05) is 30.3 Å². The fourth-order valence-electron chi connectivity index (χ4n) is 1.35. The van der Waals surface area contributed by atoms with Gasteiger partial charge in [0.2, 0.25) is 0 Å². The van der Waals surface area contributed by atoms with Crippen molar-refractivity contribution in [2.45, 2.75) is 6.42 Å². The first kappa shape index (κ1) is 10.4. The Balaban J connectivity index is 2.17. The minimum Gasteiger partial charge on any atom is -0.469 e. The highest BCUT2D eigenvalue weighted by atomic mass is 16.5. The van der Waals surface area contributed by atoms with Gasteiger partial charge in [-0.15, -0.1) is 0 Å². The van der Waals surface area contributed by atoms with Gasteiger partial charge in [0.05, 0.1) is 19.2 Å². The molecule has 16 heavy (non-hydrogen) atoms. The molecule has 0 radical (unpaired) electrons. The molecule has 0 aliphatic carbocycles. The molecule has 0 saturated carbocycles. The monoisotopic (exact) mass is 217 g/mol. The highest BCUT2D eigenvalue weighted by Gasteiger charge is 2.10. The summed E-state index contributed by atoms with van der Waals surface area (Å²) in [5, 5.41) is 3.80. The van der Waals surface area contributed by atoms with E-state index in [9.17, 15) is 4.79 Å². The lowest BCUT2D eigenvalue weighted by atomic mass is 10.1. The molecule has 1 heterocycles. The standard InChI is InChI=1S/C12H11NO3/c1-15-12(14)8-10-7-11(16-13-10)9-5-3-2-4-6-9/h2-7H,8H2,1H3. The van der Waals surface area contributed by atoms with Crippen LogP contribution in [0, 0.1) is 0 Å². The summed E-state index contributed by atoms with van der Waals surface area (Å²) in [4.78, 5) is 11.0. The first-order valence-corrected chi connectivity index (χ1v) is 4.87. The second kappa shape index (κ2) is 4.61. The van der Waals surface area contributed by atoms with Gasteiger partial charge in [0.15, 0.2) is 5.76 Å². The molecule has 2 rings (SSSR count). The third-order valence-corrected chi connectivity index (χ3v) is 2.17. The first-order valence-electron chi connectivity index (χ1n) is 4.87. The van der Waals surface area contributed by atoms with Crippen LogP contribution in [0.2, 0.25) is 0 Å². The van der Waals surface area contributed by atoms with Crippen LogP contribution in [0.15, 0.2) is 40.9 Å². The zero-order valence-electron chi connectivity index (χ0n) is 8.84. The van der Waals surface area contributed by atoms with Crippen LogP contribution < -0.4 is 0 Å². The van der Waals surface area contributed by atoms with Crippen molar-refractivity contribution in [2.75, 3.05) is 7.11 Å². The molecule has 0 saturated heterocycles. The zero-order valence-corrected chi connectivity index (χ0v) is 8.84. The molecule has 1 aromatic carbocycles. The molecular formula is C12H11NO3. The summed E-state index contributed by atoms with van der Waals surface area (Å²) in [5.74, 6) is 0.326. The highest BCUT2D eigenvalue weighted by molar-refractivity contribution is 5.72. The predicted molar refractivity (Wildman–Crippen MR) is 57.7 cm³/mol. The molecule has 4 heteroatoms. The van der Waals surface area contributed by atoms with Crippen LogP contribution in [0.25, 0.3) is 11.3 Å². The van der Waals surface area contributed by atoms with Crippen LogP contribution in [0.4, 0.5) is 0 Å². The molecule has 82 valence electrons. The summed E-state index contributed by atoms with van der Waals surface area (Å²) in [6, 6.07) is 11.3. The van der Waals surface area contributed by atoms with Gasteiger partial charge in [-0.05, 0) is 0 Å². The number of nitrogens with zero attached hydrogens (tertiary/aromatic N) is 1. The average molecular weight is 217 g/mol. The second-order valence-corrected chi connectivity index (χ2v) is 3.30. The number of hydrogen-bond acceptors (Lipinski definition) is 4. The largest absolute Gasteiger partial charge is 0.469 e. The van der Waals surface area contributed by atoms with Crippen LogP contribution in [0.3, 0.4) is 0 Å². The Morgan fingerprint density at radius 1 is 1.38 bits per heavy atom. The number of rotatable bonds is 3. The number of carbonyl (C=O) groups is 1. The number of carbonyl (C=O) groups excluding carboxylic acids is 1. The smallest absolute Gasteiger partial charge is 0.311 e. The Morgan fingerprint density at radius 2 is 2.12 bits per heavy atom.